The molecule has 10 heteroatoms. The van der Waals surface area contributed by atoms with Gasteiger partial charge in [0, 0.05) is 30.4 Å². The van der Waals surface area contributed by atoms with Crippen molar-refractivity contribution < 1.29 is 22.5 Å². The van der Waals surface area contributed by atoms with Crippen molar-refractivity contribution in [2.24, 2.45) is 0 Å². The Morgan fingerprint density at radius 2 is 2.00 bits per heavy atom. The Labute approximate surface area is 177 Å². The number of hydrogen-bond acceptors (Lipinski definition) is 5. The Morgan fingerprint density at radius 1 is 1.29 bits per heavy atom. The molecular formula is C21H24F3N5O2. The normalized spacial score (nSPS) is 15.9. The summed E-state index contributed by atoms with van der Waals surface area (Å²) in [6, 6.07) is 2.82. The second kappa shape index (κ2) is 7.97. The van der Waals surface area contributed by atoms with E-state index < -0.39 is 11.7 Å². The Balaban J connectivity index is 1.55. The van der Waals surface area contributed by atoms with Crippen LogP contribution in [0.1, 0.15) is 78.6 Å². The summed E-state index contributed by atoms with van der Waals surface area (Å²) in [5, 5.41) is 10.9. The number of fused-ring (bicyclic) bond motifs is 1. The first kappa shape index (κ1) is 21.3. The molecule has 0 unspecified atom stereocenters. The number of aromatic nitrogens is 4. The Bertz CT molecular complexity index is 1090. The number of nitrogens with zero attached hydrogens (tertiary/aromatic N) is 4. The van der Waals surface area contributed by atoms with E-state index in [0.717, 1.165) is 11.8 Å². The lowest BCUT2D eigenvalue weighted by molar-refractivity contribution is -0.136. The molecule has 166 valence electrons. The van der Waals surface area contributed by atoms with E-state index in [9.17, 15) is 18.0 Å². The zero-order chi connectivity index (χ0) is 22.3. The van der Waals surface area contributed by atoms with Gasteiger partial charge in [0.15, 0.2) is 0 Å². The zero-order valence-corrected chi connectivity index (χ0v) is 17.6. The van der Waals surface area contributed by atoms with Gasteiger partial charge in [-0.05, 0) is 37.3 Å². The summed E-state index contributed by atoms with van der Waals surface area (Å²) in [7, 11) is 0. The van der Waals surface area contributed by atoms with Crippen LogP contribution in [0.4, 0.5) is 13.2 Å². The zero-order valence-electron chi connectivity index (χ0n) is 17.6. The Hall–Kier alpha value is -2.91. The van der Waals surface area contributed by atoms with Crippen LogP contribution in [-0.2, 0) is 12.6 Å². The SMILES string of the molecule is CCc1cc(C(F)(F)F)c2c(C3CCN(C(=O)c4cc(C(C)C)[nH]n4)CC3)noc2n1. The average Bonchev–Trinajstić information content (AvgIpc) is 3.39. The number of piperidine rings is 1. The predicted molar refractivity (Wildman–Crippen MR) is 107 cm³/mol. The van der Waals surface area contributed by atoms with Gasteiger partial charge in [0.1, 0.15) is 5.69 Å². The summed E-state index contributed by atoms with van der Waals surface area (Å²) < 4.78 is 46.3. The molecule has 1 fully saturated rings. The van der Waals surface area contributed by atoms with E-state index in [1.165, 1.54) is 0 Å². The summed E-state index contributed by atoms with van der Waals surface area (Å²) in [5.74, 6) is -0.201. The molecule has 0 aliphatic carbocycles. The molecule has 4 rings (SSSR count). The molecule has 0 atom stereocenters. The van der Waals surface area contributed by atoms with Crippen molar-refractivity contribution in [2.75, 3.05) is 13.1 Å². The number of aryl methyl sites for hydroxylation is 1. The molecule has 1 saturated heterocycles. The first-order chi connectivity index (χ1) is 14.7. The van der Waals surface area contributed by atoms with Gasteiger partial charge in [-0.15, -0.1) is 0 Å². The van der Waals surface area contributed by atoms with Crippen molar-refractivity contribution in [3.8, 4) is 0 Å². The maximum Gasteiger partial charge on any atom is 0.417 e. The Kier molecular flexibility index (Phi) is 5.49. The number of aromatic amines is 1. The fourth-order valence-electron chi connectivity index (χ4n) is 3.97. The minimum Gasteiger partial charge on any atom is -0.337 e. The number of carbonyl (C=O) groups excluding carboxylic acids is 1. The van der Waals surface area contributed by atoms with Crippen LogP contribution in [0.3, 0.4) is 0 Å². The molecule has 0 saturated carbocycles. The fraction of sp³-hybridized carbons (Fsp3) is 0.524. The van der Waals surface area contributed by atoms with Crippen LogP contribution in [0.2, 0.25) is 0 Å². The molecule has 1 aliphatic rings. The van der Waals surface area contributed by atoms with Crippen LogP contribution in [0.15, 0.2) is 16.7 Å². The van der Waals surface area contributed by atoms with Crippen LogP contribution in [0.5, 0.6) is 0 Å². The number of amides is 1. The maximum absolute atomic E-state index is 13.7. The van der Waals surface area contributed by atoms with Crippen LogP contribution in [0, 0.1) is 0 Å². The molecule has 4 heterocycles. The van der Waals surface area contributed by atoms with Gasteiger partial charge >= 0.3 is 6.18 Å². The van der Waals surface area contributed by atoms with E-state index in [-0.39, 0.29) is 34.5 Å². The van der Waals surface area contributed by atoms with Gasteiger partial charge in [0.2, 0.25) is 0 Å². The van der Waals surface area contributed by atoms with Crippen LogP contribution in [-0.4, -0.2) is 44.2 Å². The van der Waals surface area contributed by atoms with E-state index in [1.54, 1.807) is 17.9 Å². The van der Waals surface area contributed by atoms with Crippen molar-refractivity contribution in [1.29, 1.82) is 0 Å². The van der Waals surface area contributed by atoms with Gasteiger partial charge in [0.25, 0.3) is 11.6 Å². The number of rotatable bonds is 4. The summed E-state index contributed by atoms with van der Waals surface area (Å²) >= 11 is 0. The number of likely N-dealkylation sites (tertiary alicyclic amines) is 1. The second-order valence-corrected chi connectivity index (χ2v) is 8.19. The molecule has 3 aromatic heterocycles. The number of alkyl halides is 3. The lowest BCUT2D eigenvalue weighted by Gasteiger charge is -2.30. The van der Waals surface area contributed by atoms with E-state index in [0.29, 0.717) is 43.7 Å². The highest BCUT2D eigenvalue weighted by Gasteiger charge is 2.38. The highest BCUT2D eigenvalue weighted by molar-refractivity contribution is 5.92. The van der Waals surface area contributed by atoms with Crippen LogP contribution in [0.25, 0.3) is 11.1 Å². The van der Waals surface area contributed by atoms with Crippen molar-refractivity contribution >= 4 is 17.0 Å². The molecule has 1 aliphatic heterocycles. The van der Waals surface area contributed by atoms with Gasteiger partial charge < -0.3 is 9.42 Å². The Morgan fingerprint density at radius 3 is 2.58 bits per heavy atom. The molecule has 3 aromatic rings. The number of halogens is 3. The lowest BCUT2D eigenvalue weighted by atomic mass is 9.90. The molecule has 0 aromatic carbocycles. The third-order valence-electron chi connectivity index (χ3n) is 5.80. The van der Waals surface area contributed by atoms with E-state index in [4.69, 9.17) is 4.52 Å². The fourth-order valence-corrected chi connectivity index (χ4v) is 3.97. The van der Waals surface area contributed by atoms with E-state index >= 15 is 0 Å². The molecule has 0 radical (unpaired) electrons. The quantitative estimate of drug-likeness (QED) is 0.643. The number of H-pyrrole nitrogens is 1. The van der Waals surface area contributed by atoms with Crippen molar-refractivity contribution in [3.05, 3.63) is 40.5 Å². The van der Waals surface area contributed by atoms with Crippen molar-refractivity contribution in [3.63, 3.8) is 0 Å². The standard InChI is InChI=1S/C21H24F3N5O2/c1-4-13-9-14(21(22,23)24)17-18(28-31-19(17)25-13)12-5-7-29(8-6-12)20(30)16-10-15(11(2)3)26-27-16/h9-12H,4-8H2,1-3H3,(H,26,27). The highest BCUT2D eigenvalue weighted by atomic mass is 19.4. The molecular weight excluding hydrogens is 411 g/mol. The monoisotopic (exact) mass is 435 g/mol. The second-order valence-electron chi connectivity index (χ2n) is 8.19. The smallest absolute Gasteiger partial charge is 0.337 e. The van der Waals surface area contributed by atoms with Crippen LogP contribution >= 0.6 is 0 Å². The van der Waals surface area contributed by atoms with Gasteiger partial charge in [0.05, 0.1) is 16.6 Å². The van der Waals surface area contributed by atoms with Gasteiger partial charge in [-0.2, -0.15) is 18.3 Å². The minimum atomic E-state index is -4.53. The first-order valence-corrected chi connectivity index (χ1v) is 10.4. The first-order valence-electron chi connectivity index (χ1n) is 10.4. The molecule has 7 nitrogen and oxygen atoms in total. The molecule has 1 N–H and O–H groups in total. The highest BCUT2D eigenvalue weighted by Crippen LogP contribution is 2.40. The van der Waals surface area contributed by atoms with Gasteiger partial charge in [-0.1, -0.05) is 25.9 Å². The number of hydrogen-bond donors (Lipinski definition) is 1. The summed E-state index contributed by atoms with van der Waals surface area (Å²) in [6.45, 7) is 6.56. The van der Waals surface area contributed by atoms with Crippen molar-refractivity contribution in [2.45, 2.75) is 58.0 Å². The predicted octanol–water partition coefficient (Wildman–Crippen LogP) is 4.67. The largest absolute Gasteiger partial charge is 0.417 e. The third kappa shape index (κ3) is 4.03. The van der Waals surface area contributed by atoms with Crippen LogP contribution < -0.4 is 0 Å². The minimum absolute atomic E-state index is 0.0663. The molecule has 1 amide bonds. The summed E-state index contributed by atoms with van der Waals surface area (Å²) in [4.78, 5) is 18.6. The van der Waals surface area contributed by atoms with E-state index in [1.807, 2.05) is 13.8 Å². The number of carbonyl (C=O) groups is 1. The topological polar surface area (TPSA) is 87.9 Å². The third-order valence-corrected chi connectivity index (χ3v) is 5.80. The average molecular weight is 435 g/mol. The van der Waals surface area contributed by atoms with Gasteiger partial charge in [-0.25, -0.2) is 4.98 Å². The molecule has 0 spiro atoms. The van der Waals surface area contributed by atoms with Crippen molar-refractivity contribution in [1.82, 2.24) is 25.2 Å². The summed E-state index contributed by atoms with van der Waals surface area (Å²) in [5.41, 5.74) is 0.963. The maximum atomic E-state index is 13.7. The molecule has 0 bridgehead atoms. The lowest BCUT2D eigenvalue weighted by Crippen LogP contribution is -2.38. The number of nitrogens with one attached hydrogen (secondary N) is 1. The summed E-state index contributed by atoms with van der Waals surface area (Å²) in [6.07, 6.45) is -3.19. The number of pyridine rings is 1. The molecule has 31 heavy (non-hydrogen) atoms. The van der Waals surface area contributed by atoms with E-state index in [2.05, 4.69) is 20.3 Å². The van der Waals surface area contributed by atoms with Gasteiger partial charge in [-0.3, -0.25) is 9.89 Å².